The van der Waals surface area contributed by atoms with Gasteiger partial charge in [0.1, 0.15) is 0 Å². The highest BCUT2D eigenvalue weighted by Gasteiger charge is 2.38. The van der Waals surface area contributed by atoms with Crippen LogP contribution in [0.15, 0.2) is 6.20 Å². The fraction of sp³-hybridized carbons (Fsp3) is 0.667. The first-order valence-corrected chi connectivity index (χ1v) is 5.25. The van der Waals surface area contributed by atoms with Gasteiger partial charge in [0, 0.05) is 12.6 Å². The standard InChI is InChI=1S/C7H12N4.C2HF3O2/c8-4-3-6-5-11(10-9-6)7-1-2-7;3-2(4,5)1(6)7/h5,7H,1-4,8H2;(H,6,7). The molecule has 0 radical (unpaired) electrons. The SMILES string of the molecule is NCCc1cn(C2CC2)nn1.O=C(O)C(F)(F)F. The summed E-state index contributed by atoms with van der Waals surface area (Å²) in [4.78, 5) is 8.90. The van der Waals surface area contributed by atoms with E-state index in [0.717, 1.165) is 12.1 Å². The molecule has 0 saturated heterocycles. The van der Waals surface area contributed by atoms with Crippen molar-refractivity contribution in [3.8, 4) is 0 Å². The Morgan fingerprint density at radius 2 is 2.11 bits per heavy atom. The summed E-state index contributed by atoms with van der Waals surface area (Å²) < 4.78 is 33.7. The Kier molecular flexibility index (Phi) is 4.65. The van der Waals surface area contributed by atoms with Crippen molar-refractivity contribution < 1.29 is 23.1 Å². The molecule has 1 aliphatic carbocycles. The van der Waals surface area contributed by atoms with Crippen molar-refractivity contribution in [1.82, 2.24) is 15.0 Å². The van der Waals surface area contributed by atoms with Crippen molar-refractivity contribution >= 4 is 5.97 Å². The molecule has 1 aliphatic rings. The van der Waals surface area contributed by atoms with Crippen LogP contribution >= 0.6 is 0 Å². The molecular formula is C9H13F3N4O2. The average molecular weight is 266 g/mol. The zero-order valence-electron chi connectivity index (χ0n) is 9.39. The van der Waals surface area contributed by atoms with Crippen molar-refractivity contribution in [3.63, 3.8) is 0 Å². The Hall–Kier alpha value is -1.64. The number of aliphatic carboxylic acids is 1. The minimum absolute atomic E-state index is 0.633. The van der Waals surface area contributed by atoms with E-state index >= 15 is 0 Å². The number of nitrogens with zero attached hydrogens (tertiary/aromatic N) is 3. The van der Waals surface area contributed by atoms with E-state index in [2.05, 4.69) is 10.3 Å². The molecule has 0 bridgehead atoms. The van der Waals surface area contributed by atoms with Crippen LogP contribution < -0.4 is 5.73 Å². The van der Waals surface area contributed by atoms with E-state index in [1.807, 2.05) is 10.9 Å². The number of alkyl halides is 3. The molecule has 0 amide bonds. The summed E-state index contributed by atoms with van der Waals surface area (Å²) in [5, 5.41) is 15.1. The third kappa shape index (κ3) is 4.70. The molecule has 1 fully saturated rings. The van der Waals surface area contributed by atoms with E-state index in [1.54, 1.807) is 0 Å². The van der Waals surface area contributed by atoms with Gasteiger partial charge in [0.25, 0.3) is 0 Å². The van der Waals surface area contributed by atoms with Crippen molar-refractivity contribution in [2.75, 3.05) is 6.54 Å². The summed E-state index contributed by atoms with van der Waals surface area (Å²) in [6.45, 7) is 0.656. The number of hydrogen-bond acceptors (Lipinski definition) is 4. The van der Waals surface area contributed by atoms with Crippen molar-refractivity contribution in [3.05, 3.63) is 11.9 Å². The summed E-state index contributed by atoms with van der Waals surface area (Å²) in [6.07, 6.45) is 0.272. The van der Waals surface area contributed by atoms with Crippen LogP contribution in [-0.2, 0) is 11.2 Å². The molecule has 18 heavy (non-hydrogen) atoms. The molecule has 3 N–H and O–H groups in total. The van der Waals surface area contributed by atoms with Crippen LogP contribution in [0, 0.1) is 0 Å². The Morgan fingerprint density at radius 1 is 1.56 bits per heavy atom. The van der Waals surface area contributed by atoms with E-state index in [0.29, 0.717) is 12.6 Å². The average Bonchev–Trinajstić information content (AvgIpc) is 3.00. The highest BCUT2D eigenvalue weighted by atomic mass is 19.4. The first kappa shape index (κ1) is 14.4. The van der Waals surface area contributed by atoms with E-state index in [9.17, 15) is 13.2 Å². The molecule has 1 aromatic heterocycles. The zero-order chi connectivity index (χ0) is 13.8. The number of carboxylic acids is 1. The lowest BCUT2D eigenvalue weighted by molar-refractivity contribution is -0.192. The maximum Gasteiger partial charge on any atom is 0.490 e. The molecule has 0 unspecified atom stereocenters. The highest BCUT2D eigenvalue weighted by Crippen LogP contribution is 2.33. The Labute approximate surface area is 101 Å². The predicted molar refractivity (Wildman–Crippen MR) is 54.7 cm³/mol. The fourth-order valence-corrected chi connectivity index (χ4v) is 1.09. The molecule has 0 aliphatic heterocycles. The number of aromatic nitrogens is 3. The van der Waals surface area contributed by atoms with Crippen molar-refractivity contribution in [1.29, 1.82) is 0 Å². The second kappa shape index (κ2) is 5.80. The second-order valence-corrected chi connectivity index (χ2v) is 3.76. The van der Waals surface area contributed by atoms with Crippen LogP contribution in [0.5, 0.6) is 0 Å². The second-order valence-electron chi connectivity index (χ2n) is 3.76. The lowest BCUT2D eigenvalue weighted by Gasteiger charge is -1.93. The van der Waals surface area contributed by atoms with E-state index < -0.39 is 12.1 Å². The van der Waals surface area contributed by atoms with Crippen LogP contribution in [0.1, 0.15) is 24.6 Å². The van der Waals surface area contributed by atoms with Gasteiger partial charge in [-0.2, -0.15) is 13.2 Å². The van der Waals surface area contributed by atoms with E-state index in [4.69, 9.17) is 15.6 Å². The number of rotatable bonds is 3. The maximum absolute atomic E-state index is 10.6. The van der Waals surface area contributed by atoms with Gasteiger partial charge in [-0.3, -0.25) is 0 Å². The molecule has 2 rings (SSSR count). The minimum Gasteiger partial charge on any atom is -0.475 e. The van der Waals surface area contributed by atoms with Gasteiger partial charge < -0.3 is 10.8 Å². The van der Waals surface area contributed by atoms with Crippen molar-refractivity contribution in [2.24, 2.45) is 5.73 Å². The normalized spacial score (nSPS) is 14.9. The maximum atomic E-state index is 10.6. The molecule has 102 valence electrons. The largest absolute Gasteiger partial charge is 0.490 e. The van der Waals surface area contributed by atoms with Gasteiger partial charge in [0.2, 0.25) is 0 Å². The van der Waals surface area contributed by atoms with E-state index in [1.165, 1.54) is 12.8 Å². The summed E-state index contributed by atoms with van der Waals surface area (Å²) in [7, 11) is 0. The summed E-state index contributed by atoms with van der Waals surface area (Å²) in [5.41, 5.74) is 6.40. The first-order valence-electron chi connectivity index (χ1n) is 5.25. The smallest absolute Gasteiger partial charge is 0.475 e. The monoisotopic (exact) mass is 266 g/mol. The van der Waals surface area contributed by atoms with Crippen LogP contribution in [-0.4, -0.2) is 38.8 Å². The van der Waals surface area contributed by atoms with Crippen molar-refractivity contribution in [2.45, 2.75) is 31.5 Å². The van der Waals surface area contributed by atoms with Crippen LogP contribution in [0.4, 0.5) is 13.2 Å². The lowest BCUT2D eigenvalue weighted by atomic mass is 10.3. The summed E-state index contributed by atoms with van der Waals surface area (Å²) in [5.74, 6) is -2.76. The predicted octanol–water partition coefficient (Wildman–Crippen LogP) is 0.747. The number of nitrogens with two attached hydrogens (primary N) is 1. The van der Waals surface area contributed by atoms with Gasteiger partial charge in [0.15, 0.2) is 0 Å². The molecule has 9 heteroatoms. The number of carbonyl (C=O) groups is 1. The molecular weight excluding hydrogens is 253 g/mol. The summed E-state index contributed by atoms with van der Waals surface area (Å²) >= 11 is 0. The Morgan fingerprint density at radius 3 is 2.50 bits per heavy atom. The van der Waals surface area contributed by atoms with Crippen LogP contribution in [0.25, 0.3) is 0 Å². The highest BCUT2D eigenvalue weighted by molar-refractivity contribution is 5.73. The van der Waals surface area contributed by atoms with Gasteiger partial charge in [-0.1, -0.05) is 5.21 Å². The quantitative estimate of drug-likeness (QED) is 0.841. The third-order valence-electron chi connectivity index (χ3n) is 2.12. The molecule has 0 aromatic carbocycles. The Bertz CT molecular complexity index is 401. The van der Waals surface area contributed by atoms with Gasteiger partial charge in [-0.05, 0) is 19.4 Å². The molecule has 1 aromatic rings. The minimum atomic E-state index is -5.08. The molecule has 0 spiro atoms. The van der Waals surface area contributed by atoms with Gasteiger partial charge in [-0.15, -0.1) is 5.10 Å². The molecule has 0 atom stereocenters. The summed E-state index contributed by atoms with van der Waals surface area (Å²) in [6, 6.07) is 0.633. The molecule has 6 nitrogen and oxygen atoms in total. The Balaban J connectivity index is 0.000000203. The fourth-order valence-electron chi connectivity index (χ4n) is 1.09. The van der Waals surface area contributed by atoms with Crippen LogP contribution in [0.3, 0.4) is 0 Å². The topological polar surface area (TPSA) is 94.0 Å². The van der Waals surface area contributed by atoms with Gasteiger partial charge in [-0.25, -0.2) is 9.48 Å². The number of halogens is 3. The number of hydrogen-bond donors (Lipinski definition) is 2. The molecule has 1 heterocycles. The first-order chi connectivity index (χ1) is 8.34. The molecule has 1 saturated carbocycles. The van der Waals surface area contributed by atoms with Gasteiger partial charge in [0.05, 0.1) is 11.7 Å². The van der Waals surface area contributed by atoms with Gasteiger partial charge >= 0.3 is 12.1 Å². The van der Waals surface area contributed by atoms with Crippen LogP contribution in [0.2, 0.25) is 0 Å². The zero-order valence-corrected chi connectivity index (χ0v) is 9.39. The van der Waals surface area contributed by atoms with E-state index in [-0.39, 0.29) is 0 Å². The third-order valence-corrected chi connectivity index (χ3v) is 2.12. The number of carboxylic acid groups (broad SMARTS) is 1. The lowest BCUT2D eigenvalue weighted by Crippen LogP contribution is -2.21.